The van der Waals surface area contributed by atoms with Crippen molar-refractivity contribution in [2.75, 3.05) is 0 Å². The molecular formula is C49H34P2S2. The molecule has 8 aromatic carbocycles. The summed E-state index contributed by atoms with van der Waals surface area (Å²) in [5, 5.41) is -6.62. The molecule has 10 rings (SSSR count). The smallest absolute Gasteiger partial charge is 0.0726 e. The minimum Gasteiger partial charge on any atom is -0.0826 e. The van der Waals surface area contributed by atoms with Crippen molar-refractivity contribution >= 4 is 67.5 Å². The number of hydrogen-bond donors (Lipinski definition) is 0. The first-order chi connectivity index (χ1) is 40.2. The molecule has 0 heterocycles. The highest BCUT2D eigenvalue weighted by Gasteiger charge is 2.52. The third kappa shape index (κ3) is 4.67. The molecule has 4 heteroatoms. The summed E-state index contributed by atoms with van der Waals surface area (Å²) in [7, 11) is 0. The Kier molecular flexibility index (Phi) is 3.05. The Labute approximate surface area is 369 Å². The van der Waals surface area contributed by atoms with Crippen molar-refractivity contribution in [2.45, 2.75) is 5.41 Å². The fourth-order valence-corrected chi connectivity index (χ4v) is 12.3. The van der Waals surface area contributed by atoms with E-state index in [-0.39, 0.29) is 0 Å². The van der Waals surface area contributed by atoms with Gasteiger partial charge in [-0.05, 0) is 88.4 Å². The van der Waals surface area contributed by atoms with Gasteiger partial charge >= 0.3 is 0 Å². The van der Waals surface area contributed by atoms with E-state index < -0.39 is 299 Å². The zero-order valence-electron chi connectivity index (χ0n) is 60.2. The van der Waals surface area contributed by atoms with E-state index >= 15 is 0 Å². The Morgan fingerprint density at radius 1 is 0.302 bits per heavy atom. The van der Waals surface area contributed by atoms with Crippen molar-refractivity contribution in [2.24, 2.45) is 0 Å². The first-order valence-electron chi connectivity index (χ1n) is 32.2. The molecule has 0 radical (unpaired) electrons. The molecule has 252 valence electrons. The maximum atomic E-state index is 10.7. The van der Waals surface area contributed by atoms with Gasteiger partial charge < -0.3 is 0 Å². The SMILES string of the molecule is [2H]c1c([2H])c([2H])c(P(=S)(c2c([2H])c([2H])c([2H])c([2H])c2[2H])c2c([2H])c([2H])c3c(c2[2H])C2(c4c([2H])c([2H])c([2H])c([2H])c4-c4c([2H])c([2H])c([2H])c([2H])c42)c2c([2H])c(P(=S)(c4c([2H])c([2H])c([2H])c([2H])c4[2H])c4c([2H])c([2H])c([2H])c([2H])c4[2H])c([2H])c([2H])c2-3)c([2H])c1[2H]. The lowest BCUT2D eigenvalue weighted by Crippen LogP contribution is -2.30. The minimum absolute atomic E-state index is 0.807. The lowest BCUT2D eigenvalue weighted by molar-refractivity contribution is 0.795. The largest absolute Gasteiger partial charge is 0.0826 e. The van der Waals surface area contributed by atoms with Gasteiger partial charge in [-0.2, -0.15) is 0 Å². The maximum absolute atomic E-state index is 10.7. The summed E-state index contributed by atoms with van der Waals surface area (Å²) in [5.74, 6) is 0. The van der Waals surface area contributed by atoms with Crippen LogP contribution in [0.3, 0.4) is 0 Å². The van der Waals surface area contributed by atoms with Crippen LogP contribution in [0.1, 0.15) is 68.9 Å². The molecule has 0 unspecified atom stereocenters. The summed E-state index contributed by atoms with van der Waals surface area (Å²) in [6, 6.07) is -50.9. The van der Waals surface area contributed by atoms with E-state index in [1.165, 1.54) is 0 Å². The summed E-state index contributed by atoms with van der Waals surface area (Å²) >= 11 is 12.9. The van der Waals surface area contributed by atoms with Crippen LogP contribution in [-0.4, -0.2) is 0 Å². The zero-order valence-corrected chi connectivity index (χ0v) is 29.6. The normalized spacial score (nSPS) is 22.6. The van der Waals surface area contributed by atoms with E-state index in [9.17, 15) is 27.4 Å². The molecule has 0 amide bonds. The predicted octanol–water partition coefficient (Wildman–Crippen LogP) is 9.54. The van der Waals surface area contributed by atoms with Crippen molar-refractivity contribution < 1.29 is 46.6 Å². The van der Waals surface area contributed by atoms with E-state index in [2.05, 4.69) is 0 Å². The highest BCUT2D eigenvalue weighted by atomic mass is 32.4. The van der Waals surface area contributed by atoms with Gasteiger partial charge in [0.2, 0.25) is 0 Å². The van der Waals surface area contributed by atoms with Gasteiger partial charge in [-0.1, -0.05) is 217 Å². The fraction of sp³-hybridized carbons (Fsp3) is 0.0204. The Hall–Kier alpha value is -4.94. The Bertz CT molecular complexity index is 4210. The van der Waals surface area contributed by atoms with E-state index in [4.69, 9.17) is 42.8 Å². The number of hydrogen-bond acceptors (Lipinski definition) is 2. The summed E-state index contributed by atoms with van der Waals surface area (Å²) in [4.78, 5) is 0. The molecule has 0 saturated carbocycles. The van der Waals surface area contributed by atoms with Gasteiger partial charge in [0.05, 0.1) is 52.0 Å². The number of rotatable bonds is 6. The quantitative estimate of drug-likeness (QED) is 0.154. The van der Waals surface area contributed by atoms with Crippen molar-refractivity contribution in [3.63, 3.8) is 0 Å². The van der Waals surface area contributed by atoms with Crippen LogP contribution in [0.4, 0.5) is 0 Å². The predicted molar refractivity (Wildman–Crippen MR) is 235 cm³/mol. The minimum atomic E-state index is -5.49. The molecule has 1 spiro atoms. The van der Waals surface area contributed by atoms with Gasteiger partial charge in [-0.3, -0.25) is 0 Å². The molecule has 0 saturated heterocycles. The van der Waals surface area contributed by atoms with Crippen molar-refractivity contribution in [1.82, 2.24) is 0 Å². The molecule has 0 aromatic heterocycles. The summed E-state index contributed by atoms with van der Waals surface area (Å²) in [5.41, 5.74) is -10.8. The first-order valence-corrected chi connectivity index (χ1v) is 20.8. The van der Waals surface area contributed by atoms with Crippen LogP contribution in [0.5, 0.6) is 0 Å². The van der Waals surface area contributed by atoms with Crippen LogP contribution in [0.2, 0.25) is 0 Å². The average Bonchev–Trinajstić information content (AvgIpc) is 1.49. The maximum Gasteiger partial charge on any atom is 0.0726 e. The molecule has 0 aliphatic heterocycles. The second-order valence-corrected chi connectivity index (χ2v) is 19.7. The van der Waals surface area contributed by atoms with Gasteiger partial charge in [0.1, 0.15) is 0 Å². The first kappa shape index (κ1) is 12.8. The summed E-state index contributed by atoms with van der Waals surface area (Å²) in [6.07, 6.45) is 0. The van der Waals surface area contributed by atoms with Crippen LogP contribution in [0.15, 0.2) is 205 Å². The third-order valence-electron chi connectivity index (χ3n) is 8.81. The third-order valence-corrected chi connectivity index (χ3v) is 17.2. The molecule has 8 aromatic rings. The van der Waals surface area contributed by atoms with Crippen LogP contribution < -0.4 is 31.8 Å². The lowest BCUT2D eigenvalue weighted by Gasteiger charge is -2.33. The van der Waals surface area contributed by atoms with Crippen molar-refractivity contribution in [1.29, 1.82) is 0 Å². The number of benzene rings is 8. The van der Waals surface area contributed by atoms with Gasteiger partial charge in [0.25, 0.3) is 0 Å². The molecule has 0 fully saturated rings. The molecule has 0 nitrogen and oxygen atoms in total. The average molecular weight is 783 g/mol. The van der Waals surface area contributed by atoms with Crippen LogP contribution in [-0.2, 0) is 29.0 Å². The second kappa shape index (κ2) is 12.6. The fourth-order valence-electron chi connectivity index (χ4n) is 6.63. The lowest BCUT2D eigenvalue weighted by atomic mass is 9.70. The Morgan fingerprint density at radius 3 is 0.925 bits per heavy atom. The molecule has 0 bridgehead atoms. The van der Waals surface area contributed by atoms with Gasteiger partial charge in [-0.15, -0.1) is 0 Å². The molecule has 53 heavy (non-hydrogen) atoms. The summed E-state index contributed by atoms with van der Waals surface area (Å²) < 4.78 is 316. The second-order valence-electron chi connectivity index (χ2n) is 11.3. The van der Waals surface area contributed by atoms with E-state index in [0.29, 0.717) is 0 Å². The van der Waals surface area contributed by atoms with Gasteiger partial charge in [0, 0.05) is 12.1 Å². The van der Waals surface area contributed by atoms with E-state index in [1.807, 2.05) is 0 Å². The standard InChI is InChI=1S/C49H34P2S2/c52-50(35-17-5-1-6-18-35,36-19-7-2-8-20-36)39-29-31-43-44-32-30-40(51(53,37-21-9-3-10-22-37)38-23-11-4-12-24-38)34-48(44)49(47(43)33-39)45-27-15-13-25-41(45)42-26-14-16-28-46(42)49/h1-34H/i1D,2D,3D,4D,5D,6D,7D,8D,9D,10D,11D,12D,13D,14D,15D,16D,17D,18D,19D,20D,21D,22D,23D,24D,25D,26D,27D,28D,29D,30D,31D,32D,33D,34D. The van der Waals surface area contributed by atoms with E-state index in [0.717, 1.165) is 0 Å². The molecule has 0 N–H and O–H groups in total. The van der Waals surface area contributed by atoms with Gasteiger partial charge in [0.15, 0.2) is 0 Å². The van der Waals surface area contributed by atoms with E-state index in [1.54, 1.807) is 0 Å². The molecule has 2 aliphatic rings. The Balaban J connectivity index is 1.60. The molecule has 2 aliphatic carbocycles. The van der Waals surface area contributed by atoms with Crippen LogP contribution in [0, 0.1) is 0 Å². The van der Waals surface area contributed by atoms with Gasteiger partial charge in [-0.25, -0.2) is 0 Å². The highest BCUT2D eigenvalue weighted by molar-refractivity contribution is 8.26. The monoisotopic (exact) mass is 782 g/mol. The van der Waals surface area contributed by atoms with Crippen LogP contribution >= 0.6 is 12.1 Å². The molecule has 0 atom stereocenters. The zero-order chi connectivity index (χ0) is 65.2. The van der Waals surface area contributed by atoms with Crippen molar-refractivity contribution in [3.05, 3.63) is 228 Å². The molecular weight excluding hydrogens is 715 g/mol. The number of fused-ring (bicyclic) bond motifs is 10. The highest BCUT2D eigenvalue weighted by Crippen LogP contribution is 2.63. The van der Waals surface area contributed by atoms with Crippen LogP contribution in [0.25, 0.3) is 22.3 Å². The topological polar surface area (TPSA) is 0 Å². The van der Waals surface area contributed by atoms with Crippen molar-refractivity contribution in [3.8, 4) is 22.3 Å². The summed E-state index contributed by atoms with van der Waals surface area (Å²) in [6.45, 7) is 0. The Morgan fingerprint density at radius 2 is 0.585 bits per heavy atom.